The Morgan fingerprint density at radius 2 is 2.33 bits per heavy atom. The van der Waals surface area contributed by atoms with Gasteiger partial charge in [-0.3, -0.25) is 4.79 Å². The van der Waals surface area contributed by atoms with Crippen molar-refractivity contribution >= 4 is 11.7 Å². The normalized spacial score (nSPS) is 22.9. The van der Waals surface area contributed by atoms with Crippen LogP contribution in [0.4, 0.5) is 5.82 Å². The van der Waals surface area contributed by atoms with Gasteiger partial charge in [0, 0.05) is 26.3 Å². The first-order chi connectivity index (χ1) is 8.61. The lowest BCUT2D eigenvalue weighted by Gasteiger charge is -2.17. The van der Waals surface area contributed by atoms with E-state index >= 15 is 0 Å². The molecule has 1 aliphatic heterocycles. The average molecular weight is 254 g/mol. The van der Waals surface area contributed by atoms with Crippen LogP contribution in [-0.2, 0) is 4.74 Å². The summed E-state index contributed by atoms with van der Waals surface area (Å²) in [6.45, 7) is 1.29. The van der Waals surface area contributed by atoms with Crippen LogP contribution in [0.25, 0.3) is 0 Å². The van der Waals surface area contributed by atoms with Crippen LogP contribution in [-0.4, -0.2) is 48.2 Å². The van der Waals surface area contributed by atoms with E-state index in [4.69, 9.17) is 4.74 Å². The molecule has 8 heteroatoms. The summed E-state index contributed by atoms with van der Waals surface area (Å²) in [7, 11) is 1.58. The van der Waals surface area contributed by atoms with Crippen molar-refractivity contribution < 1.29 is 14.5 Å². The molecule has 2 rings (SSSR count). The van der Waals surface area contributed by atoms with Crippen molar-refractivity contribution in [3.8, 4) is 0 Å². The Labute approximate surface area is 103 Å². The average Bonchev–Trinajstić information content (AvgIpc) is 2.96. The van der Waals surface area contributed by atoms with Crippen molar-refractivity contribution in [3.63, 3.8) is 0 Å². The van der Waals surface area contributed by atoms with Crippen molar-refractivity contribution in [1.29, 1.82) is 0 Å². The van der Waals surface area contributed by atoms with E-state index in [1.807, 2.05) is 0 Å². The number of rotatable bonds is 4. The molecule has 1 amide bonds. The van der Waals surface area contributed by atoms with E-state index in [-0.39, 0.29) is 29.6 Å². The fraction of sp³-hybridized carbons (Fsp3) is 0.500. The highest BCUT2D eigenvalue weighted by atomic mass is 16.6. The molecule has 8 nitrogen and oxygen atoms in total. The topological polar surface area (TPSA) is 109 Å². The number of H-pyrrole nitrogens is 1. The molecule has 98 valence electrons. The molecule has 1 aromatic rings. The van der Waals surface area contributed by atoms with Crippen molar-refractivity contribution in [2.24, 2.45) is 0 Å². The summed E-state index contributed by atoms with van der Waals surface area (Å²) in [6, 6.07) is 2.51. The van der Waals surface area contributed by atoms with E-state index in [2.05, 4.69) is 15.6 Å². The molecular formula is C10H14N4O4. The van der Waals surface area contributed by atoms with Gasteiger partial charge in [0.2, 0.25) is 0 Å². The number of hydrogen-bond acceptors (Lipinski definition) is 5. The Hall–Kier alpha value is -1.93. The predicted molar refractivity (Wildman–Crippen MR) is 62.4 cm³/mol. The van der Waals surface area contributed by atoms with Crippen LogP contribution in [0.2, 0.25) is 0 Å². The number of carbonyl (C=O) groups excluding carboxylic acids is 1. The number of nitrogens with one attached hydrogen (secondary N) is 3. The molecule has 0 saturated carbocycles. The number of aromatic nitrogens is 1. The number of methoxy groups -OCH3 is 1. The second kappa shape index (κ2) is 5.15. The van der Waals surface area contributed by atoms with Gasteiger partial charge < -0.3 is 25.5 Å². The van der Waals surface area contributed by atoms with Crippen LogP contribution in [0.3, 0.4) is 0 Å². The largest absolute Gasteiger partial charge is 0.378 e. The standard InChI is InChI=1S/C10H14N4O4/c1-18-8-5-11-4-7(8)13-10(15)6-2-3-9(12-6)14(16)17/h2-3,7-8,11-12H,4-5H2,1H3,(H,13,15)/t7?,8-/m1/s1. The monoisotopic (exact) mass is 254 g/mol. The quantitative estimate of drug-likeness (QED) is 0.502. The summed E-state index contributed by atoms with van der Waals surface area (Å²) >= 11 is 0. The van der Waals surface area contributed by atoms with Gasteiger partial charge in [-0.15, -0.1) is 0 Å². The summed E-state index contributed by atoms with van der Waals surface area (Å²) in [5.41, 5.74) is 0.170. The lowest BCUT2D eigenvalue weighted by Crippen LogP contribution is -2.43. The molecule has 1 unspecified atom stereocenters. The zero-order valence-corrected chi connectivity index (χ0v) is 9.80. The van der Waals surface area contributed by atoms with Crippen molar-refractivity contribution in [3.05, 3.63) is 27.9 Å². The smallest absolute Gasteiger partial charge is 0.321 e. The first-order valence-electron chi connectivity index (χ1n) is 5.49. The zero-order chi connectivity index (χ0) is 13.1. The molecule has 1 fully saturated rings. The van der Waals surface area contributed by atoms with Gasteiger partial charge in [-0.25, -0.2) is 4.98 Å². The molecule has 0 spiro atoms. The van der Waals surface area contributed by atoms with Crippen molar-refractivity contribution in [2.75, 3.05) is 20.2 Å². The maximum Gasteiger partial charge on any atom is 0.321 e. The fourth-order valence-corrected chi connectivity index (χ4v) is 1.92. The van der Waals surface area contributed by atoms with Gasteiger partial charge in [-0.1, -0.05) is 0 Å². The Bertz CT molecular complexity index is 458. The van der Waals surface area contributed by atoms with Crippen molar-refractivity contribution in [1.82, 2.24) is 15.6 Å². The Morgan fingerprint density at radius 1 is 1.56 bits per heavy atom. The predicted octanol–water partition coefficient (Wildman–Crippen LogP) is -0.360. The fourth-order valence-electron chi connectivity index (χ4n) is 1.92. The number of nitro groups is 1. The highest BCUT2D eigenvalue weighted by Crippen LogP contribution is 2.11. The molecule has 1 saturated heterocycles. The first kappa shape index (κ1) is 12.5. The minimum Gasteiger partial charge on any atom is -0.378 e. The lowest BCUT2D eigenvalue weighted by molar-refractivity contribution is -0.389. The van der Waals surface area contributed by atoms with Gasteiger partial charge in [-0.05, 0) is 11.0 Å². The molecule has 3 N–H and O–H groups in total. The Balaban J connectivity index is 2.00. The third-order valence-electron chi connectivity index (χ3n) is 2.89. The summed E-state index contributed by atoms with van der Waals surface area (Å²) in [4.78, 5) is 24.2. The van der Waals surface area contributed by atoms with Gasteiger partial charge in [0.15, 0.2) is 5.69 Å². The van der Waals surface area contributed by atoms with E-state index in [0.29, 0.717) is 13.1 Å². The zero-order valence-electron chi connectivity index (χ0n) is 9.80. The van der Waals surface area contributed by atoms with Gasteiger partial charge in [0.1, 0.15) is 0 Å². The minimum absolute atomic E-state index is 0.0844. The Morgan fingerprint density at radius 3 is 2.94 bits per heavy atom. The van der Waals surface area contributed by atoms with Gasteiger partial charge in [0.05, 0.1) is 12.1 Å². The summed E-state index contributed by atoms with van der Waals surface area (Å²) in [6.07, 6.45) is -0.0844. The molecule has 0 bridgehead atoms. The van der Waals surface area contributed by atoms with Crippen LogP contribution in [0.1, 0.15) is 10.5 Å². The van der Waals surface area contributed by atoms with Crippen LogP contribution in [0, 0.1) is 10.1 Å². The number of hydrogen-bond donors (Lipinski definition) is 3. The van der Waals surface area contributed by atoms with E-state index < -0.39 is 4.92 Å². The SMILES string of the molecule is CO[C@@H]1CNCC1NC(=O)c1ccc([N+](=O)[O-])[nH]1. The maximum absolute atomic E-state index is 11.8. The van der Waals surface area contributed by atoms with Gasteiger partial charge in [0.25, 0.3) is 5.91 Å². The van der Waals surface area contributed by atoms with Crippen molar-refractivity contribution in [2.45, 2.75) is 12.1 Å². The summed E-state index contributed by atoms with van der Waals surface area (Å²) in [5, 5.41) is 16.4. The second-order valence-corrected chi connectivity index (χ2v) is 4.03. The highest BCUT2D eigenvalue weighted by molar-refractivity contribution is 5.93. The summed E-state index contributed by atoms with van der Waals surface area (Å²) < 4.78 is 5.21. The van der Waals surface area contributed by atoms with E-state index in [9.17, 15) is 14.9 Å². The Kier molecular flexibility index (Phi) is 3.58. The molecule has 1 aromatic heterocycles. The van der Waals surface area contributed by atoms with Crippen LogP contribution < -0.4 is 10.6 Å². The molecule has 18 heavy (non-hydrogen) atoms. The molecule has 0 aliphatic carbocycles. The highest BCUT2D eigenvalue weighted by Gasteiger charge is 2.29. The van der Waals surface area contributed by atoms with Crippen LogP contribution in [0.5, 0.6) is 0 Å². The van der Waals surface area contributed by atoms with E-state index in [1.54, 1.807) is 7.11 Å². The third-order valence-corrected chi connectivity index (χ3v) is 2.89. The molecule has 2 heterocycles. The molecule has 2 atom stereocenters. The lowest BCUT2D eigenvalue weighted by atomic mass is 10.2. The first-order valence-corrected chi connectivity index (χ1v) is 5.49. The number of carbonyl (C=O) groups is 1. The van der Waals surface area contributed by atoms with E-state index in [1.165, 1.54) is 12.1 Å². The summed E-state index contributed by atoms with van der Waals surface area (Å²) in [5.74, 6) is -0.577. The van der Waals surface area contributed by atoms with Crippen LogP contribution >= 0.6 is 0 Å². The number of amides is 1. The molecule has 1 aliphatic rings. The minimum atomic E-state index is -0.578. The van der Waals surface area contributed by atoms with E-state index in [0.717, 1.165) is 0 Å². The number of ether oxygens (including phenoxy) is 1. The molecule has 0 radical (unpaired) electrons. The number of nitrogens with zero attached hydrogens (tertiary/aromatic N) is 1. The molecule has 0 aromatic carbocycles. The van der Waals surface area contributed by atoms with Crippen LogP contribution in [0.15, 0.2) is 12.1 Å². The maximum atomic E-state index is 11.8. The third kappa shape index (κ3) is 2.49. The van der Waals surface area contributed by atoms with Gasteiger partial charge >= 0.3 is 5.82 Å². The van der Waals surface area contributed by atoms with Gasteiger partial charge in [-0.2, -0.15) is 0 Å². The second-order valence-electron chi connectivity index (χ2n) is 4.03. The number of aromatic amines is 1. The molecular weight excluding hydrogens is 240 g/mol.